The molecule has 2 unspecified atom stereocenters. The van der Waals surface area contributed by atoms with E-state index < -0.39 is 0 Å². The third-order valence-corrected chi connectivity index (χ3v) is 7.72. The van der Waals surface area contributed by atoms with E-state index in [1.54, 1.807) is 16.8 Å². The molecule has 3 aliphatic carbocycles. The Morgan fingerprint density at radius 2 is 1.83 bits per heavy atom. The van der Waals surface area contributed by atoms with Gasteiger partial charge in [0, 0.05) is 35.6 Å². The maximum Gasteiger partial charge on any atom is 0.254 e. The fraction of sp³-hybridized carbons (Fsp3) is 0.600. The van der Waals surface area contributed by atoms with Gasteiger partial charge in [-0.05, 0) is 62.9 Å². The third-order valence-electron chi connectivity index (χ3n) is 7.72. The van der Waals surface area contributed by atoms with Crippen LogP contribution in [0.2, 0.25) is 0 Å². The van der Waals surface area contributed by atoms with Gasteiger partial charge in [0.2, 0.25) is 17.8 Å². The predicted molar refractivity (Wildman–Crippen MR) is 129 cm³/mol. The maximum absolute atomic E-state index is 12.4. The Kier molecular flexibility index (Phi) is 5.53. The van der Waals surface area contributed by atoms with Crippen LogP contribution in [0.25, 0.3) is 11.7 Å². The van der Waals surface area contributed by atoms with E-state index in [0.29, 0.717) is 58.3 Å². The highest BCUT2D eigenvalue weighted by molar-refractivity contribution is 6.15. The monoisotopic (exact) mass is 477 g/mol. The first kappa shape index (κ1) is 22.2. The number of hydrogen-bond acceptors (Lipinski definition) is 8. The fourth-order valence-electron chi connectivity index (χ4n) is 5.27. The number of nitrogens with one attached hydrogen (secondary N) is 3. The van der Waals surface area contributed by atoms with Gasteiger partial charge in [-0.15, -0.1) is 0 Å². The highest BCUT2D eigenvalue weighted by atomic mass is 16.2. The SMILES string of the molecule is CC1CC1C(=O)CC1CCC(Nc2nc(NC3CC3)n3ncc(/C=C4\CC(=O)NC4=O)c3n2)CC1. The van der Waals surface area contributed by atoms with Gasteiger partial charge in [0.25, 0.3) is 5.91 Å². The van der Waals surface area contributed by atoms with E-state index in [9.17, 15) is 14.4 Å². The molecule has 2 atom stereocenters. The van der Waals surface area contributed by atoms with Crippen LogP contribution in [0, 0.1) is 17.8 Å². The van der Waals surface area contributed by atoms with Gasteiger partial charge in [-0.3, -0.25) is 19.7 Å². The number of aromatic nitrogens is 4. The van der Waals surface area contributed by atoms with Crippen LogP contribution in [0.3, 0.4) is 0 Å². The van der Waals surface area contributed by atoms with Gasteiger partial charge in [-0.25, -0.2) is 0 Å². The van der Waals surface area contributed by atoms with Crippen LogP contribution < -0.4 is 16.0 Å². The lowest BCUT2D eigenvalue weighted by Crippen LogP contribution is -2.28. The highest BCUT2D eigenvalue weighted by Gasteiger charge is 2.39. The first-order chi connectivity index (χ1) is 16.9. The number of amides is 2. The third kappa shape index (κ3) is 4.78. The summed E-state index contributed by atoms with van der Waals surface area (Å²) in [5.41, 5.74) is 1.66. The number of ketones is 1. The minimum atomic E-state index is -0.371. The van der Waals surface area contributed by atoms with Crippen molar-refractivity contribution in [2.45, 2.75) is 76.8 Å². The number of carbonyl (C=O) groups is 3. The van der Waals surface area contributed by atoms with E-state index in [4.69, 9.17) is 9.97 Å². The Morgan fingerprint density at radius 1 is 1.11 bits per heavy atom. The molecular weight excluding hydrogens is 446 g/mol. The van der Waals surface area contributed by atoms with E-state index in [2.05, 4.69) is 28.0 Å². The summed E-state index contributed by atoms with van der Waals surface area (Å²) < 4.78 is 1.66. The molecule has 184 valence electrons. The van der Waals surface area contributed by atoms with E-state index >= 15 is 0 Å². The van der Waals surface area contributed by atoms with Crippen molar-refractivity contribution in [1.29, 1.82) is 0 Å². The highest BCUT2D eigenvalue weighted by Crippen LogP contribution is 2.41. The average molecular weight is 478 g/mol. The molecule has 10 heteroatoms. The molecule has 0 aromatic carbocycles. The molecule has 2 amide bonds. The topological polar surface area (TPSA) is 130 Å². The molecule has 1 aliphatic heterocycles. The van der Waals surface area contributed by atoms with E-state index in [0.717, 1.165) is 51.4 Å². The average Bonchev–Trinajstić information content (AvgIpc) is 3.72. The summed E-state index contributed by atoms with van der Waals surface area (Å²) in [6.45, 7) is 2.16. The van der Waals surface area contributed by atoms with Gasteiger partial charge in [0.1, 0.15) is 5.78 Å². The zero-order chi connectivity index (χ0) is 24.1. The first-order valence-corrected chi connectivity index (χ1v) is 12.8. The Morgan fingerprint density at radius 3 is 2.49 bits per heavy atom. The van der Waals surface area contributed by atoms with E-state index in [1.165, 1.54) is 0 Å². The molecule has 0 radical (unpaired) electrons. The van der Waals surface area contributed by atoms with Crippen LogP contribution in [0.15, 0.2) is 11.8 Å². The summed E-state index contributed by atoms with van der Waals surface area (Å²) in [5.74, 6) is 2.32. The normalized spacial score (nSPS) is 29.5. The first-order valence-electron chi connectivity index (χ1n) is 12.8. The fourth-order valence-corrected chi connectivity index (χ4v) is 5.27. The number of rotatable bonds is 8. The number of nitrogens with zero attached hydrogens (tertiary/aromatic N) is 4. The summed E-state index contributed by atoms with van der Waals surface area (Å²) >= 11 is 0. The summed E-state index contributed by atoms with van der Waals surface area (Å²) in [6.07, 6.45) is 11.4. The number of hydrogen-bond donors (Lipinski definition) is 3. The largest absolute Gasteiger partial charge is 0.351 e. The van der Waals surface area contributed by atoms with Gasteiger partial charge in [-0.2, -0.15) is 19.6 Å². The molecule has 0 spiro atoms. The number of Topliss-reactive ketones (excluding diaryl/α,β-unsaturated/α-hetero) is 1. The van der Waals surface area contributed by atoms with Crippen molar-refractivity contribution in [3.05, 3.63) is 17.3 Å². The van der Waals surface area contributed by atoms with Crippen molar-refractivity contribution in [3.8, 4) is 0 Å². The summed E-state index contributed by atoms with van der Waals surface area (Å²) in [7, 11) is 0. The number of imide groups is 1. The predicted octanol–water partition coefficient (Wildman–Crippen LogP) is 2.71. The number of fused-ring (bicyclic) bond motifs is 1. The molecule has 0 bridgehead atoms. The lowest BCUT2D eigenvalue weighted by atomic mass is 9.82. The molecule has 4 fully saturated rings. The summed E-state index contributed by atoms with van der Waals surface area (Å²) in [4.78, 5) is 45.5. The second-order valence-electron chi connectivity index (χ2n) is 10.7. The maximum atomic E-state index is 12.4. The number of carbonyl (C=O) groups excluding carboxylic acids is 3. The van der Waals surface area contributed by atoms with E-state index in [1.807, 2.05) is 0 Å². The molecule has 3 heterocycles. The molecule has 6 rings (SSSR count). The lowest BCUT2D eigenvalue weighted by molar-refractivity contribution is -0.124. The molecule has 4 aliphatic rings. The molecule has 1 saturated heterocycles. The zero-order valence-electron chi connectivity index (χ0n) is 19.9. The van der Waals surface area contributed by atoms with Crippen LogP contribution >= 0.6 is 0 Å². The van der Waals surface area contributed by atoms with Crippen molar-refractivity contribution in [3.63, 3.8) is 0 Å². The Labute approximate surface area is 203 Å². The lowest BCUT2D eigenvalue weighted by Gasteiger charge is -2.29. The van der Waals surface area contributed by atoms with Crippen molar-refractivity contribution in [1.82, 2.24) is 24.9 Å². The molecule has 2 aromatic heterocycles. The van der Waals surface area contributed by atoms with Gasteiger partial charge >= 0.3 is 0 Å². The Hall–Kier alpha value is -3.30. The van der Waals surface area contributed by atoms with Crippen molar-refractivity contribution >= 4 is 41.2 Å². The molecule has 10 nitrogen and oxygen atoms in total. The van der Waals surface area contributed by atoms with E-state index in [-0.39, 0.29) is 24.3 Å². The van der Waals surface area contributed by atoms with Gasteiger partial charge in [-0.1, -0.05) is 6.92 Å². The van der Waals surface area contributed by atoms with Crippen LogP contribution in [0.4, 0.5) is 11.9 Å². The molecule has 3 saturated carbocycles. The molecule has 3 N–H and O–H groups in total. The minimum absolute atomic E-state index is 0.0605. The Bertz CT molecular complexity index is 1220. The quantitative estimate of drug-likeness (QED) is 0.391. The van der Waals surface area contributed by atoms with Gasteiger partial charge in [0.05, 0.1) is 12.6 Å². The van der Waals surface area contributed by atoms with Crippen molar-refractivity contribution in [2.75, 3.05) is 10.6 Å². The van der Waals surface area contributed by atoms with Gasteiger partial charge < -0.3 is 10.6 Å². The van der Waals surface area contributed by atoms with Crippen LogP contribution in [0.5, 0.6) is 0 Å². The summed E-state index contributed by atoms with van der Waals surface area (Å²) in [6, 6.07) is 0.632. The van der Waals surface area contributed by atoms with Crippen molar-refractivity contribution in [2.24, 2.45) is 17.8 Å². The second-order valence-corrected chi connectivity index (χ2v) is 10.7. The van der Waals surface area contributed by atoms with Crippen LogP contribution in [-0.4, -0.2) is 49.3 Å². The minimum Gasteiger partial charge on any atom is -0.351 e. The van der Waals surface area contributed by atoms with Crippen LogP contribution in [-0.2, 0) is 14.4 Å². The molecular formula is C25H31N7O3. The van der Waals surface area contributed by atoms with Crippen molar-refractivity contribution < 1.29 is 14.4 Å². The zero-order valence-corrected chi connectivity index (χ0v) is 19.9. The molecule has 2 aromatic rings. The standard InChI is InChI=1S/C25H31N7O3/c1-13-8-19(13)20(33)9-14-2-4-17(5-3-14)27-24-30-22-16(10-15-11-21(34)29-23(15)35)12-26-32(22)25(31-24)28-18-6-7-18/h10,12-14,17-19H,2-9,11H2,1H3,(H,29,34,35)(H2,27,28,30,31)/b15-10+. The molecule has 35 heavy (non-hydrogen) atoms. The number of anilines is 2. The second kappa shape index (κ2) is 8.73. The summed E-state index contributed by atoms with van der Waals surface area (Å²) in [5, 5.41) is 13.7. The van der Waals surface area contributed by atoms with Gasteiger partial charge in [0.15, 0.2) is 5.65 Å². The Balaban J connectivity index is 1.18. The van der Waals surface area contributed by atoms with Crippen LogP contribution in [0.1, 0.15) is 70.3 Å². The smallest absolute Gasteiger partial charge is 0.254 e.